The third kappa shape index (κ3) is 4.86. The van der Waals surface area contributed by atoms with E-state index in [-0.39, 0.29) is 5.92 Å². The number of hydrogen-bond donors (Lipinski definition) is 1. The maximum absolute atomic E-state index is 12.4. The molecule has 0 bridgehead atoms. The number of amides is 1. The highest BCUT2D eigenvalue weighted by Gasteiger charge is 2.38. The summed E-state index contributed by atoms with van der Waals surface area (Å²) < 4.78 is 41.5. The van der Waals surface area contributed by atoms with Crippen molar-refractivity contribution in [1.29, 1.82) is 0 Å². The van der Waals surface area contributed by atoms with Gasteiger partial charge in [0.25, 0.3) is 0 Å². The predicted molar refractivity (Wildman–Crippen MR) is 65.6 cm³/mol. The quantitative estimate of drug-likeness (QED) is 0.638. The second-order valence-corrected chi connectivity index (χ2v) is 4.93. The van der Waals surface area contributed by atoms with Crippen LogP contribution in [0.25, 0.3) is 0 Å². The van der Waals surface area contributed by atoms with E-state index in [1.165, 1.54) is 0 Å². The molecule has 7 heteroatoms. The zero-order chi connectivity index (χ0) is 15.3. The van der Waals surface area contributed by atoms with Crippen LogP contribution in [0.5, 0.6) is 0 Å². The van der Waals surface area contributed by atoms with Crippen molar-refractivity contribution in [2.75, 3.05) is 7.11 Å². The Hall–Kier alpha value is -1.53. The van der Waals surface area contributed by atoms with Gasteiger partial charge in [0.15, 0.2) is 0 Å². The van der Waals surface area contributed by atoms with Crippen molar-refractivity contribution in [3.05, 3.63) is 12.2 Å². The smallest absolute Gasteiger partial charge is 0.391 e. The number of allylic oxidation sites excluding steroid dienone is 2. The average molecular weight is 293 g/mol. The van der Waals surface area contributed by atoms with Crippen LogP contribution in [-0.2, 0) is 14.3 Å². The molecule has 3 atom stereocenters. The normalized spacial score (nSPS) is 24.1. The third-order valence-corrected chi connectivity index (χ3v) is 3.33. The molecule has 0 unspecified atom stereocenters. The van der Waals surface area contributed by atoms with Gasteiger partial charge < -0.3 is 10.1 Å². The van der Waals surface area contributed by atoms with Crippen LogP contribution >= 0.6 is 0 Å². The van der Waals surface area contributed by atoms with Crippen LogP contribution in [0.15, 0.2) is 12.2 Å². The highest BCUT2D eigenvalue weighted by atomic mass is 19.4. The summed E-state index contributed by atoms with van der Waals surface area (Å²) in [5.41, 5.74) is 0. The fourth-order valence-electron chi connectivity index (χ4n) is 2.16. The number of ether oxygens (including phenoxy) is 1. The fraction of sp³-hybridized carbons (Fsp3) is 0.692. The molecule has 0 aromatic rings. The van der Waals surface area contributed by atoms with Crippen LogP contribution in [0.1, 0.15) is 26.2 Å². The maximum Gasteiger partial charge on any atom is 0.391 e. The zero-order valence-corrected chi connectivity index (χ0v) is 11.4. The minimum atomic E-state index is -4.55. The third-order valence-electron chi connectivity index (χ3n) is 3.33. The van der Waals surface area contributed by atoms with Crippen molar-refractivity contribution in [2.45, 2.75) is 38.4 Å². The molecule has 0 aliphatic heterocycles. The lowest BCUT2D eigenvalue weighted by Crippen LogP contribution is -2.47. The van der Waals surface area contributed by atoms with Gasteiger partial charge in [-0.05, 0) is 18.8 Å². The lowest BCUT2D eigenvalue weighted by Gasteiger charge is -2.26. The molecule has 1 aliphatic rings. The van der Waals surface area contributed by atoms with Gasteiger partial charge in [-0.2, -0.15) is 13.2 Å². The van der Waals surface area contributed by atoms with Gasteiger partial charge in [-0.3, -0.25) is 4.79 Å². The maximum atomic E-state index is 12.4. The van der Waals surface area contributed by atoms with Gasteiger partial charge in [0.2, 0.25) is 5.91 Å². The van der Waals surface area contributed by atoms with Crippen molar-refractivity contribution in [2.24, 2.45) is 11.8 Å². The number of halogens is 3. The second-order valence-electron chi connectivity index (χ2n) is 4.93. The summed E-state index contributed by atoms with van der Waals surface area (Å²) in [5, 5.41) is 2.16. The molecule has 0 saturated heterocycles. The molecule has 0 aromatic carbocycles. The summed E-state index contributed by atoms with van der Waals surface area (Å²) in [6.07, 6.45) is -1.07. The molecular formula is C13H18F3NO3. The number of hydrogen-bond acceptors (Lipinski definition) is 3. The predicted octanol–water partition coefficient (Wildman–Crippen LogP) is 2.20. The summed E-state index contributed by atoms with van der Waals surface area (Å²) in [4.78, 5) is 23.3. The summed E-state index contributed by atoms with van der Waals surface area (Å²) >= 11 is 0. The van der Waals surface area contributed by atoms with Gasteiger partial charge in [-0.1, -0.05) is 19.1 Å². The first-order chi connectivity index (χ1) is 9.24. The lowest BCUT2D eigenvalue weighted by atomic mass is 9.83. The summed E-state index contributed by atoms with van der Waals surface area (Å²) in [5.74, 6) is -2.01. The van der Waals surface area contributed by atoms with Gasteiger partial charge in [-0.15, -0.1) is 0 Å². The van der Waals surface area contributed by atoms with Crippen molar-refractivity contribution >= 4 is 11.9 Å². The Labute approximate surface area is 115 Å². The van der Waals surface area contributed by atoms with Crippen LogP contribution < -0.4 is 5.32 Å². The molecule has 1 rings (SSSR count). The molecular weight excluding hydrogens is 275 g/mol. The van der Waals surface area contributed by atoms with Crippen molar-refractivity contribution in [3.63, 3.8) is 0 Å². The summed E-state index contributed by atoms with van der Waals surface area (Å²) in [6, 6.07) is -1.69. The highest BCUT2D eigenvalue weighted by Crippen LogP contribution is 2.26. The molecule has 0 fully saturated rings. The number of methoxy groups -OCH3 is 1. The van der Waals surface area contributed by atoms with E-state index in [0.717, 1.165) is 7.11 Å². The van der Waals surface area contributed by atoms with Gasteiger partial charge in [0, 0.05) is 5.92 Å². The molecule has 0 aromatic heterocycles. The molecule has 1 amide bonds. The van der Waals surface area contributed by atoms with E-state index < -0.39 is 36.4 Å². The Morgan fingerprint density at radius 2 is 1.95 bits per heavy atom. The SMILES string of the molecule is COC(=O)[C@H](CC(F)(F)F)NC(=O)[C@@H]1CC=CC[C@H]1C. The average Bonchev–Trinajstić information content (AvgIpc) is 2.35. The number of esters is 1. The largest absolute Gasteiger partial charge is 0.467 e. The first-order valence-corrected chi connectivity index (χ1v) is 6.34. The van der Waals surface area contributed by atoms with Crippen LogP contribution in [0, 0.1) is 11.8 Å². The molecule has 0 spiro atoms. The molecule has 0 radical (unpaired) electrons. The summed E-state index contributed by atoms with van der Waals surface area (Å²) in [7, 11) is 0.990. The number of rotatable bonds is 4. The molecule has 20 heavy (non-hydrogen) atoms. The van der Waals surface area contributed by atoms with Crippen LogP contribution in [0.3, 0.4) is 0 Å². The van der Waals surface area contributed by atoms with E-state index in [2.05, 4.69) is 10.1 Å². The first kappa shape index (κ1) is 16.5. The number of nitrogens with one attached hydrogen (secondary N) is 1. The second kappa shape index (κ2) is 6.76. The molecule has 0 saturated carbocycles. The molecule has 0 heterocycles. The Morgan fingerprint density at radius 3 is 2.45 bits per heavy atom. The van der Waals surface area contributed by atoms with E-state index in [1.807, 2.05) is 19.1 Å². The number of carbonyl (C=O) groups excluding carboxylic acids is 2. The van der Waals surface area contributed by atoms with Gasteiger partial charge in [0.1, 0.15) is 6.04 Å². The monoisotopic (exact) mass is 293 g/mol. The fourth-order valence-corrected chi connectivity index (χ4v) is 2.16. The van der Waals surface area contributed by atoms with Gasteiger partial charge >= 0.3 is 12.1 Å². The van der Waals surface area contributed by atoms with E-state index in [0.29, 0.717) is 12.8 Å². The zero-order valence-electron chi connectivity index (χ0n) is 11.4. The van der Waals surface area contributed by atoms with Crippen molar-refractivity contribution in [1.82, 2.24) is 5.32 Å². The van der Waals surface area contributed by atoms with E-state index in [1.54, 1.807) is 0 Å². The van der Waals surface area contributed by atoms with Crippen molar-refractivity contribution in [3.8, 4) is 0 Å². The Balaban J connectivity index is 2.71. The Kier molecular flexibility index (Phi) is 5.59. The standard InChI is InChI=1S/C13H18F3NO3/c1-8-5-3-4-6-9(8)11(18)17-10(12(19)20-2)7-13(14,15)16/h3-4,8-10H,5-7H2,1-2H3,(H,17,18)/t8-,9-,10+/m1/s1. The van der Waals surface area contributed by atoms with Crippen LogP contribution in [-0.4, -0.2) is 31.2 Å². The first-order valence-electron chi connectivity index (χ1n) is 6.34. The molecule has 1 aliphatic carbocycles. The van der Waals surface area contributed by atoms with Crippen molar-refractivity contribution < 1.29 is 27.5 Å². The van der Waals surface area contributed by atoms with Gasteiger partial charge in [-0.25, -0.2) is 4.79 Å². The number of alkyl halides is 3. The van der Waals surface area contributed by atoms with E-state index in [4.69, 9.17) is 0 Å². The Bertz CT molecular complexity index is 393. The number of carbonyl (C=O) groups is 2. The summed E-state index contributed by atoms with van der Waals surface area (Å²) in [6.45, 7) is 1.85. The molecule has 114 valence electrons. The minimum absolute atomic E-state index is 0.0317. The van der Waals surface area contributed by atoms with E-state index in [9.17, 15) is 22.8 Å². The van der Waals surface area contributed by atoms with Crippen LogP contribution in [0.4, 0.5) is 13.2 Å². The van der Waals surface area contributed by atoms with E-state index >= 15 is 0 Å². The Morgan fingerprint density at radius 1 is 1.35 bits per heavy atom. The van der Waals surface area contributed by atoms with Gasteiger partial charge in [0.05, 0.1) is 13.5 Å². The van der Waals surface area contributed by atoms with Crippen LogP contribution in [0.2, 0.25) is 0 Å². The molecule has 4 nitrogen and oxygen atoms in total. The highest BCUT2D eigenvalue weighted by molar-refractivity contribution is 5.86. The lowest BCUT2D eigenvalue weighted by molar-refractivity contribution is -0.162. The molecule has 1 N–H and O–H groups in total. The topological polar surface area (TPSA) is 55.4 Å². The minimum Gasteiger partial charge on any atom is -0.467 e.